The number of aryl methyl sites for hydroxylation is 1. The van der Waals surface area contributed by atoms with Gasteiger partial charge in [0, 0.05) is 15.8 Å². The van der Waals surface area contributed by atoms with E-state index in [1.807, 2.05) is 31.2 Å². The van der Waals surface area contributed by atoms with Crippen molar-refractivity contribution in [3.63, 3.8) is 0 Å². The second kappa shape index (κ2) is 7.76. The zero-order valence-electron chi connectivity index (χ0n) is 13.3. The Morgan fingerprint density at radius 3 is 2.84 bits per heavy atom. The Labute approximate surface area is 152 Å². The molecule has 0 atom stereocenters. The Balaban J connectivity index is 1.64. The molecule has 1 heterocycles. The van der Waals surface area contributed by atoms with Gasteiger partial charge in [-0.25, -0.2) is 13.8 Å². The van der Waals surface area contributed by atoms with E-state index in [2.05, 4.69) is 10.3 Å². The van der Waals surface area contributed by atoms with E-state index in [0.717, 1.165) is 28.7 Å². The van der Waals surface area contributed by atoms with Crippen LogP contribution in [0.15, 0.2) is 52.7 Å². The number of amides is 1. The van der Waals surface area contributed by atoms with Gasteiger partial charge in [0.25, 0.3) is 0 Å². The van der Waals surface area contributed by atoms with Crippen LogP contribution in [0.5, 0.6) is 0 Å². The highest BCUT2D eigenvalue weighted by molar-refractivity contribution is 8.00. The fourth-order valence-corrected chi connectivity index (χ4v) is 3.72. The van der Waals surface area contributed by atoms with Crippen LogP contribution < -0.4 is 5.32 Å². The van der Waals surface area contributed by atoms with E-state index < -0.39 is 11.6 Å². The van der Waals surface area contributed by atoms with Crippen molar-refractivity contribution in [3.05, 3.63) is 65.0 Å². The van der Waals surface area contributed by atoms with E-state index in [-0.39, 0.29) is 17.2 Å². The van der Waals surface area contributed by atoms with Gasteiger partial charge in [0.2, 0.25) is 5.91 Å². The van der Waals surface area contributed by atoms with Crippen molar-refractivity contribution in [2.24, 2.45) is 0 Å². The van der Waals surface area contributed by atoms with E-state index in [1.54, 1.807) is 5.38 Å². The second-order valence-corrected chi connectivity index (χ2v) is 7.14. The number of hydrogen-bond acceptors (Lipinski definition) is 4. The first-order valence-corrected chi connectivity index (χ1v) is 9.28. The predicted molar refractivity (Wildman–Crippen MR) is 98.0 cm³/mol. The number of aromatic nitrogens is 1. The molecule has 2 aromatic carbocycles. The molecule has 0 radical (unpaired) electrons. The minimum absolute atomic E-state index is 0.0750. The van der Waals surface area contributed by atoms with E-state index >= 15 is 0 Å². The molecule has 1 aromatic heterocycles. The van der Waals surface area contributed by atoms with Gasteiger partial charge in [-0.05, 0) is 36.8 Å². The molecule has 0 bridgehead atoms. The van der Waals surface area contributed by atoms with Crippen LogP contribution in [-0.2, 0) is 4.79 Å². The predicted octanol–water partition coefficient (Wildman–Crippen LogP) is 5.13. The number of nitrogens with zero attached hydrogens (tertiary/aromatic N) is 1. The molecule has 7 heteroatoms. The molecule has 0 saturated heterocycles. The fraction of sp³-hybridized carbons (Fsp3) is 0.111. The van der Waals surface area contributed by atoms with Crippen LogP contribution in [0.25, 0.3) is 11.3 Å². The van der Waals surface area contributed by atoms with Crippen LogP contribution in [0.2, 0.25) is 0 Å². The van der Waals surface area contributed by atoms with Crippen molar-refractivity contribution in [2.45, 2.75) is 11.8 Å². The number of nitrogens with one attached hydrogen (secondary N) is 1. The standard InChI is InChI=1S/C18H14F2N2OS2/c1-11-4-2-3-5-16(11)24-10-17(23)22-18-21-15(9-25-18)13-8-12(19)6-7-14(13)20/h2-9H,10H2,1H3,(H,21,22,23). The van der Waals surface area contributed by atoms with E-state index in [9.17, 15) is 13.6 Å². The average Bonchev–Trinajstić information content (AvgIpc) is 3.04. The SMILES string of the molecule is Cc1ccccc1SCC(=O)Nc1nc(-c2cc(F)ccc2F)cs1. The third-order valence-corrected chi connectivity index (χ3v) is 5.34. The van der Waals surface area contributed by atoms with Crippen molar-refractivity contribution in [2.75, 3.05) is 11.1 Å². The summed E-state index contributed by atoms with van der Waals surface area (Å²) in [5.41, 5.74) is 1.48. The number of halogens is 2. The van der Waals surface area contributed by atoms with Crippen molar-refractivity contribution in [1.82, 2.24) is 4.98 Å². The molecule has 0 spiro atoms. The third kappa shape index (κ3) is 4.43. The lowest BCUT2D eigenvalue weighted by Gasteiger charge is -2.05. The fourth-order valence-electron chi connectivity index (χ4n) is 2.17. The van der Waals surface area contributed by atoms with Crippen LogP contribution in [-0.4, -0.2) is 16.6 Å². The summed E-state index contributed by atoms with van der Waals surface area (Å²) in [6.07, 6.45) is 0. The maximum atomic E-state index is 13.8. The lowest BCUT2D eigenvalue weighted by atomic mass is 10.1. The Bertz CT molecular complexity index is 912. The highest BCUT2D eigenvalue weighted by Crippen LogP contribution is 2.28. The first-order chi connectivity index (χ1) is 12.0. The maximum absolute atomic E-state index is 13.8. The van der Waals surface area contributed by atoms with Crippen LogP contribution >= 0.6 is 23.1 Å². The lowest BCUT2D eigenvalue weighted by molar-refractivity contribution is -0.113. The van der Waals surface area contributed by atoms with Crippen LogP contribution in [0, 0.1) is 18.6 Å². The first kappa shape index (κ1) is 17.6. The number of hydrogen-bond donors (Lipinski definition) is 1. The Hall–Kier alpha value is -2.25. The third-order valence-electron chi connectivity index (χ3n) is 3.41. The number of anilines is 1. The molecule has 0 fully saturated rings. The summed E-state index contributed by atoms with van der Waals surface area (Å²) in [5.74, 6) is -1.05. The van der Waals surface area contributed by atoms with E-state index in [1.165, 1.54) is 23.1 Å². The van der Waals surface area contributed by atoms with Gasteiger partial charge < -0.3 is 5.32 Å². The van der Waals surface area contributed by atoms with Crippen LogP contribution in [0.1, 0.15) is 5.56 Å². The summed E-state index contributed by atoms with van der Waals surface area (Å²) in [6, 6.07) is 11.0. The summed E-state index contributed by atoms with van der Waals surface area (Å²) >= 11 is 2.61. The van der Waals surface area contributed by atoms with Gasteiger partial charge in [0.15, 0.2) is 5.13 Å². The van der Waals surface area contributed by atoms with Gasteiger partial charge in [-0.2, -0.15) is 0 Å². The number of rotatable bonds is 5. The quantitative estimate of drug-likeness (QED) is 0.628. The molecule has 1 amide bonds. The number of benzene rings is 2. The Morgan fingerprint density at radius 2 is 2.04 bits per heavy atom. The first-order valence-electron chi connectivity index (χ1n) is 7.42. The van der Waals surface area contributed by atoms with Gasteiger partial charge in [-0.1, -0.05) is 18.2 Å². The number of thioether (sulfide) groups is 1. The normalized spacial score (nSPS) is 10.7. The number of thiazole rings is 1. The lowest BCUT2D eigenvalue weighted by Crippen LogP contribution is -2.13. The highest BCUT2D eigenvalue weighted by Gasteiger charge is 2.12. The number of carbonyl (C=O) groups is 1. The van der Waals surface area contributed by atoms with E-state index in [0.29, 0.717) is 10.8 Å². The van der Waals surface area contributed by atoms with Crippen molar-refractivity contribution in [3.8, 4) is 11.3 Å². The smallest absolute Gasteiger partial charge is 0.236 e. The minimum atomic E-state index is -0.556. The topological polar surface area (TPSA) is 42.0 Å². The summed E-state index contributed by atoms with van der Waals surface area (Å²) in [4.78, 5) is 17.3. The zero-order chi connectivity index (χ0) is 17.8. The summed E-state index contributed by atoms with van der Waals surface area (Å²) in [5, 5.41) is 4.63. The van der Waals surface area contributed by atoms with E-state index in [4.69, 9.17) is 0 Å². The van der Waals surface area contributed by atoms with Crippen LogP contribution in [0.3, 0.4) is 0 Å². The molecular formula is C18H14F2N2OS2. The summed E-state index contributed by atoms with van der Waals surface area (Å²) in [7, 11) is 0. The molecule has 25 heavy (non-hydrogen) atoms. The molecule has 1 N–H and O–H groups in total. The Kier molecular flexibility index (Phi) is 5.45. The number of carbonyl (C=O) groups excluding carboxylic acids is 1. The summed E-state index contributed by atoms with van der Waals surface area (Å²) < 4.78 is 27.1. The van der Waals surface area contributed by atoms with Gasteiger partial charge in [-0.3, -0.25) is 4.79 Å². The summed E-state index contributed by atoms with van der Waals surface area (Å²) in [6.45, 7) is 1.99. The maximum Gasteiger partial charge on any atom is 0.236 e. The zero-order valence-corrected chi connectivity index (χ0v) is 14.9. The average molecular weight is 376 g/mol. The van der Waals surface area contributed by atoms with Crippen molar-refractivity contribution < 1.29 is 13.6 Å². The van der Waals surface area contributed by atoms with Crippen molar-refractivity contribution >= 4 is 34.1 Å². The minimum Gasteiger partial charge on any atom is -0.301 e. The van der Waals surface area contributed by atoms with Crippen molar-refractivity contribution in [1.29, 1.82) is 0 Å². The monoisotopic (exact) mass is 376 g/mol. The molecule has 3 nitrogen and oxygen atoms in total. The second-order valence-electron chi connectivity index (χ2n) is 5.26. The largest absolute Gasteiger partial charge is 0.301 e. The molecule has 3 rings (SSSR count). The molecule has 0 aliphatic heterocycles. The molecule has 128 valence electrons. The van der Waals surface area contributed by atoms with Gasteiger partial charge in [-0.15, -0.1) is 23.1 Å². The highest BCUT2D eigenvalue weighted by atomic mass is 32.2. The molecule has 0 saturated carbocycles. The molecule has 0 aliphatic rings. The van der Waals surface area contributed by atoms with Crippen LogP contribution in [0.4, 0.5) is 13.9 Å². The van der Waals surface area contributed by atoms with Gasteiger partial charge in [0.1, 0.15) is 11.6 Å². The van der Waals surface area contributed by atoms with Gasteiger partial charge >= 0.3 is 0 Å². The molecule has 0 aliphatic carbocycles. The molecule has 0 unspecified atom stereocenters. The molecular weight excluding hydrogens is 362 g/mol. The van der Waals surface area contributed by atoms with Gasteiger partial charge in [0.05, 0.1) is 11.4 Å². The molecule has 3 aromatic rings. The Morgan fingerprint density at radius 1 is 1.24 bits per heavy atom.